The van der Waals surface area contributed by atoms with Crippen LogP contribution >= 0.6 is 11.3 Å². The number of rotatable bonds is 3. The van der Waals surface area contributed by atoms with Crippen molar-refractivity contribution in [3.8, 4) is 0 Å². The van der Waals surface area contributed by atoms with Crippen molar-refractivity contribution in [2.24, 2.45) is 0 Å². The third-order valence-corrected chi connectivity index (χ3v) is 6.60. The molecule has 0 unspecified atom stereocenters. The zero-order valence-electron chi connectivity index (χ0n) is 16.5. The van der Waals surface area contributed by atoms with E-state index >= 15 is 0 Å². The van der Waals surface area contributed by atoms with Crippen molar-refractivity contribution < 1.29 is 28.5 Å². The summed E-state index contributed by atoms with van der Waals surface area (Å²) in [6.07, 6.45) is 2.35. The molecule has 0 saturated heterocycles. The number of nitrogens with zero attached hydrogens (tertiary/aromatic N) is 1. The van der Waals surface area contributed by atoms with Crippen molar-refractivity contribution in [2.45, 2.75) is 20.4 Å². The van der Waals surface area contributed by atoms with Gasteiger partial charge in [0.25, 0.3) is 5.01 Å². The topological polar surface area (TPSA) is 3.88 Å². The zero-order valence-corrected chi connectivity index (χ0v) is 19.5. The van der Waals surface area contributed by atoms with Crippen LogP contribution in [0.4, 0.5) is 0 Å². The van der Waals surface area contributed by atoms with E-state index in [0.717, 1.165) is 6.54 Å². The van der Waals surface area contributed by atoms with Crippen molar-refractivity contribution in [2.75, 3.05) is 0 Å². The van der Waals surface area contributed by atoms with Crippen molar-refractivity contribution in [3.05, 3.63) is 89.4 Å². The fraction of sp³-hybridized carbons (Fsp3) is 0.115. The van der Waals surface area contributed by atoms with E-state index in [9.17, 15) is 0 Å². The van der Waals surface area contributed by atoms with Crippen LogP contribution in [-0.2, 0) is 6.54 Å². The fourth-order valence-corrected chi connectivity index (χ4v) is 5.36. The normalized spacial score (nSPS) is 11.9. The summed E-state index contributed by atoms with van der Waals surface area (Å²) in [6.45, 7) is 5.43. The Morgan fingerprint density at radius 2 is 1.52 bits per heavy atom. The Kier molecular flexibility index (Phi) is 5.70. The van der Waals surface area contributed by atoms with E-state index < -0.39 is 0 Å². The number of fused-ring (bicyclic) bond motifs is 4. The number of halogens is 1. The lowest BCUT2D eigenvalue weighted by molar-refractivity contribution is -0.665. The largest absolute Gasteiger partial charge is 1.00 e. The van der Waals surface area contributed by atoms with Gasteiger partial charge in [-0.2, -0.15) is 4.57 Å². The predicted molar refractivity (Wildman–Crippen MR) is 123 cm³/mol. The molecule has 0 aliphatic carbocycles. The molecule has 0 fully saturated rings. The second-order valence-corrected chi connectivity index (χ2v) is 8.23. The van der Waals surface area contributed by atoms with Gasteiger partial charge in [-0.1, -0.05) is 72.0 Å². The van der Waals surface area contributed by atoms with Gasteiger partial charge in [0.1, 0.15) is 11.2 Å². The van der Waals surface area contributed by atoms with Gasteiger partial charge < -0.3 is 24.0 Å². The summed E-state index contributed by atoms with van der Waals surface area (Å²) in [5, 5.41) is 6.56. The lowest BCUT2D eigenvalue weighted by Crippen LogP contribution is -3.00. The third-order valence-electron chi connectivity index (χ3n) is 5.49. The van der Waals surface area contributed by atoms with E-state index in [-0.39, 0.29) is 24.0 Å². The molecule has 1 aromatic heterocycles. The van der Waals surface area contributed by atoms with Crippen LogP contribution in [-0.4, -0.2) is 0 Å². The second kappa shape index (κ2) is 8.25. The highest BCUT2D eigenvalue weighted by atomic mass is 127. The summed E-state index contributed by atoms with van der Waals surface area (Å²) in [7, 11) is 0. The molecule has 0 spiro atoms. The minimum Gasteiger partial charge on any atom is -1.00 e. The molecular formula is C26H22INS. The molecule has 0 saturated carbocycles. The van der Waals surface area contributed by atoms with E-state index in [2.05, 4.69) is 103 Å². The number of para-hydroxylation sites is 1. The summed E-state index contributed by atoms with van der Waals surface area (Å²) in [5.74, 6) is 0. The van der Waals surface area contributed by atoms with Crippen LogP contribution in [0, 0.1) is 0 Å². The predicted octanol–water partition coefficient (Wildman–Crippen LogP) is 4.08. The molecule has 0 N–H and O–H groups in total. The number of thiazole rings is 1. The molecule has 0 bridgehead atoms. The summed E-state index contributed by atoms with van der Waals surface area (Å²) in [5.41, 5.74) is 3.93. The van der Waals surface area contributed by atoms with Crippen molar-refractivity contribution in [3.63, 3.8) is 0 Å². The van der Waals surface area contributed by atoms with E-state index in [0.29, 0.717) is 0 Å². The molecule has 1 heterocycles. The molecule has 0 radical (unpaired) electrons. The quantitative estimate of drug-likeness (QED) is 0.197. The van der Waals surface area contributed by atoms with Gasteiger partial charge in [0.2, 0.25) is 5.52 Å². The average molecular weight is 507 g/mol. The lowest BCUT2D eigenvalue weighted by atomic mass is 9.94. The molecule has 4 aromatic carbocycles. The van der Waals surface area contributed by atoms with Gasteiger partial charge in [-0.25, -0.2) is 0 Å². The first-order valence-electron chi connectivity index (χ1n) is 9.77. The van der Waals surface area contributed by atoms with E-state index in [4.69, 9.17) is 0 Å². The molecule has 5 aromatic rings. The highest BCUT2D eigenvalue weighted by Gasteiger charge is 2.17. The van der Waals surface area contributed by atoms with Crippen LogP contribution < -0.4 is 28.5 Å². The number of benzene rings is 4. The molecule has 1 nitrogen and oxygen atoms in total. The fourth-order valence-electron chi connectivity index (χ4n) is 4.13. The standard InChI is InChI=1S/C26H22NS.HI/c1-3-27-24-14-8-9-15-25(24)28-26(27)16-18(2)23-17-19-10-4-5-11-20(19)21-12-6-7-13-22(21)23;/h4-17H,3H2,1-2H3;1H/q+1;/p-1. The monoisotopic (exact) mass is 507 g/mol. The highest BCUT2D eigenvalue weighted by Crippen LogP contribution is 2.33. The number of hydrogen-bond donors (Lipinski definition) is 0. The molecule has 3 heteroatoms. The van der Waals surface area contributed by atoms with Gasteiger partial charge in [0, 0.05) is 12.1 Å². The molecule has 144 valence electrons. The van der Waals surface area contributed by atoms with Gasteiger partial charge in [0.15, 0.2) is 0 Å². The molecular weight excluding hydrogens is 485 g/mol. The third kappa shape index (κ3) is 3.47. The molecule has 0 aliphatic heterocycles. The maximum atomic E-state index is 2.41. The Labute approximate surface area is 192 Å². The van der Waals surface area contributed by atoms with E-state index in [1.807, 2.05) is 11.3 Å². The number of aromatic nitrogens is 1. The van der Waals surface area contributed by atoms with E-state index in [1.54, 1.807) is 0 Å². The molecule has 0 amide bonds. The number of allylic oxidation sites excluding steroid dienone is 1. The van der Waals surface area contributed by atoms with Crippen LogP contribution in [0.2, 0.25) is 0 Å². The summed E-state index contributed by atoms with van der Waals surface area (Å²) < 4.78 is 3.75. The van der Waals surface area contributed by atoms with Crippen LogP contribution in [0.25, 0.3) is 43.4 Å². The maximum Gasteiger partial charge on any atom is 0.263 e. The molecule has 0 atom stereocenters. The Hall–Kier alpha value is -2.24. The number of hydrogen-bond acceptors (Lipinski definition) is 1. The number of aryl methyl sites for hydroxylation is 1. The van der Waals surface area contributed by atoms with Crippen LogP contribution in [0.1, 0.15) is 24.4 Å². The first-order valence-corrected chi connectivity index (χ1v) is 10.6. The van der Waals surface area contributed by atoms with Gasteiger partial charge in [-0.15, -0.1) is 0 Å². The Morgan fingerprint density at radius 3 is 2.31 bits per heavy atom. The van der Waals surface area contributed by atoms with Gasteiger partial charge in [-0.3, -0.25) is 0 Å². The first kappa shape index (κ1) is 20.0. The molecule has 0 aliphatic rings. The Morgan fingerprint density at radius 1 is 0.862 bits per heavy atom. The summed E-state index contributed by atoms with van der Waals surface area (Å²) in [4.78, 5) is 0. The van der Waals surface area contributed by atoms with E-state index in [1.165, 1.54) is 47.9 Å². The summed E-state index contributed by atoms with van der Waals surface area (Å²) in [6, 6.07) is 28.4. The van der Waals surface area contributed by atoms with Gasteiger partial charge in [-0.05, 0) is 58.7 Å². The van der Waals surface area contributed by atoms with Crippen LogP contribution in [0.15, 0.2) is 78.9 Å². The SMILES string of the molecule is CC[n+]1c(C=C(C)c2cc3ccccc3c3ccccc23)sc2ccccc21.[I-]. The lowest BCUT2D eigenvalue weighted by Gasteiger charge is -2.10. The second-order valence-electron chi connectivity index (χ2n) is 7.17. The first-order chi connectivity index (χ1) is 13.8. The zero-order chi connectivity index (χ0) is 19.1. The Balaban J connectivity index is 0.00000205. The van der Waals surface area contributed by atoms with Crippen molar-refractivity contribution in [1.82, 2.24) is 0 Å². The minimum atomic E-state index is 0. The Bertz CT molecular complexity index is 1360. The minimum absolute atomic E-state index is 0. The van der Waals surface area contributed by atoms with Crippen LogP contribution in [0.3, 0.4) is 0 Å². The maximum absolute atomic E-state index is 2.41. The molecule has 29 heavy (non-hydrogen) atoms. The smallest absolute Gasteiger partial charge is 0.263 e. The highest BCUT2D eigenvalue weighted by molar-refractivity contribution is 7.18. The molecule has 5 rings (SSSR count). The van der Waals surface area contributed by atoms with Gasteiger partial charge in [0.05, 0.1) is 0 Å². The van der Waals surface area contributed by atoms with Gasteiger partial charge >= 0.3 is 0 Å². The summed E-state index contributed by atoms with van der Waals surface area (Å²) >= 11 is 1.87. The van der Waals surface area contributed by atoms with Crippen molar-refractivity contribution in [1.29, 1.82) is 0 Å². The van der Waals surface area contributed by atoms with Crippen LogP contribution in [0.5, 0.6) is 0 Å². The average Bonchev–Trinajstić information content (AvgIpc) is 3.10. The van der Waals surface area contributed by atoms with Crippen molar-refractivity contribution >= 4 is 54.7 Å².